The first-order chi connectivity index (χ1) is 15.0. The van der Waals surface area contributed by atoms with E-state index in [0.717, 1.165) is 56.2 Å². The Bertz CT molecular complexity index is 1010. The van der Waals surface area contributed by atoms with Crippen LogP contribution in [0.2, 0.25) is 0 Å². The summed E-state index contributed by atoms with van der Waals surface area (Å²) in [7, 11) is 0. The Balaban J connectivity index is 1.44. The highest BCUT2D eigenvalue weighted by atomic mass is 16.3. The highest BCUT2D eigenvalue weighted by Gasteiger charge is 2.27. The number of aliphatic hydroxyl groups excluding tert-OH is 1. The van der Waals surface area contributed by atoms with Crippen LogP contribution in [0.5, 0.6) is 0 Å². The SMILES string of the molecule is Cc1cc(C)n(-c2cccc(CN3CCN(Cc4ccccc4C)[C@H](CCO)C3)c2)n1. The van der Waals surface area contributed by atoms with E-state index in [1.165, 1.54) is 16.7 Å². The Kier molecular flexibility index (Phi) is 6.86. The predicted octanol–water partition coefficient (Wildman–Crippen LogP) is 3.87. The van der Waals surface area contributed by atoms with Crippen LogP contribution in [0.1, 0.15) is 34.5 Å². The summed E-state index contributed by atoms with van der Waals surface area (Å²) in [6.45, 7) is 11.5. The van der Waals surface area contributed by atoms with E-state index in [9.17, 15) is 5.11 Å². The number of benzene rings is 2. The van der Waals surface area contributed by atoms with Crippen molar-refractivity contribution in [3.63, 3.8) is 0 Å². The summed E-state index contributed by atoms with van der Waals surface area (Å²) in [5.74, 6) is 0. The fourth-order valence-electron chi connectivity index (χ4n) is 4.67. The molecule has 1 N–H and O–H groups in total. The van der Waals surface area contributed by atoms with Crippen molar-refractivity contribution in [3.05, 3.63) is 82.7 Å². The molecule has 3 aromatic rings. The first-order valence-electron chi connectivity index (χ1n) is 11.3. The number of hydrogen-bond donors (Lipinski definition) is 1. The van der Waals surface area contributed by atoms with Crippen molar-refractivity contribution < 1.29 is 5.11 Å². The molecule has 0 saturated carbocycles. The van der Waals surface area contributed by atoms with Crippen molar-refractivity contribution in [1.29, 1.82) is 0 Å². The third-order valence-electron chi connectivity index (χ3n) is 6.36. The largest absolute Gasteiger partial charge is 0.396 e. The quantitative estimate of drug-likeness (QED) is 0.633. The van der Waals surface area contributed by atoms with E-state index in [1.54, 1.807) is 0 Å². The number of aromatic nitrogens is 2. The van der Waals surface area contributed by atoms with Crippen LogP contribution in [0.4, 0.5) is 0 Å². The van der Waals surface area contributed by atoms with Crippen LogP contribution in [-0.2, 0) is 13.1 Å². The van der Waals surface area contributed by atoms with E-state index in [4.69, 9.17) is 0 Å². The van der Waals surface area contributed by atoms with Gasteiger partial charge in [-0.15, -0.1) is 0 Å². The first kappa shape index (κ1) is 21.8. The molecule has 1 saturated heterocycles. The van der Waals surface area contributed by atoms with Gasteiger partial charge in [0.05, 0.1) is 11.4 Å². The number of nitrogens with zero attached hydrogens (tertiary/aromatic N) is 4. The van der Waals surface area contributed by atoms with Crippen LogP contribution in [-0.4, -0.2) is 57.0 Å². The third-order valence-corrected chi connectivity index (χ3v) is 6.36. The molecule has 4 rings (SSSR count). The van der Waals surface area contributed by atoms with Crippen molar-refractivity contribution in [2.75, 3.05) is 26.2 Å². The van der Waals surface area contributed by atoms with E-state index < -0.39 is 0 Å². The Morgan fingerprint density at radius 1 is 0.968 bits per heavy atom. The molecule has 5 nitrogen and oxygen atoms in total. The predicted molar refractivity (Wildman–Crippen MR) is 125 cm³/mol. The number of piperazine rings is 1. The summed E-state index contributed by atoms with van der Waals surface area (Å²) in [4.78, 5) is 5.07. The monoisotopic (exact) mass is 418 g/mol. The average Bonchev–Trinajstić information content (AvgIpc) is 3.10. The van der Waals surface area contributed by atoms with Gasteiger partial charge in [-0.3, -0.25) is 9.80 Å². The molecule has 1 fully saturated rings. The van der Waals surface area contributed by atoms with Crippen LogP contribution < -0.4 is 0 Å². The van der Waals surface area contributed by atoms with Gasteiger partial charge in [0, 0.05) is 51.1 Å². The molecule has 2 heterocycles. The molecule has 0 spiro atoms. The van der Waals surface area contributed by atoms with Gasteiger partial charge < -0.3 is 5.11 Å². The minimum atomic E-state index is 0.232. The van der Waals surface area contributed by atoms with Crippen molar-refractivity contribution >= 4 is 0 Å². The topological polar surface area (TPSA) is 44.5 Å². The standard InChI is InChI=1S/C26H34N4O/c1-20-7-4-5-9-24(20)18-29-13-12-28(19-26(29)11-14-31)17-23-8-6-10-25(16-23)30-22(3)15-21(2)27-30/h4-10,15-16,26,31H,11-14,17-19H2,1-3H3/t26-/m1/s1. The Labute approximate surface area is 185 Å². The number of hydrogen-bond acceptors (Lipinski definition) is 4. The molecule has 0 amide bonds. The molecule has 5 heteroatoms. The Morgan fingerprint density at radius 2 is 1.81 bits per heavy atom. The van der Waals surface area contributed by atoms with Gasteiger partial charge in [0.25, 0.3) is 0 Å². The van der Waals surface area contributed by atoms with Crippen LogP contribution >= 0.6 is 0 Å². The Hall–Kier alpha value is -2.47. The molecule has 0 bridgehead atoms. The summed E-state index contributed by atoms with van der Waals surface area (Å²) in [6.07, 6.45) is 0.814. The lowest BCUT2D eigenvalue weighted by Crippen LogP contribution is -2.52. The lowest BCUT2D eigenvalue weighted by Gasteiger charge is -2.41. The third kappa shape index (κ3) is 5.24. The number of aliphatic hydroxyl groups is 1. The van der Waals surface area contributed by atoms with Gasteiger partial charge in [-0.1, -0.05) is 36.4 Å². The van der Waals surface area contributed by atoms with Crippen molar-refractivity contribution in [3.8, 4) is 5.69 Å². The number of aryl methyl sites for hydroxylation is 3. The van der Waals surface area contributed by atoms with Gasteiger partial charge in [-0.25, -0.2) is 4.68 Å². The maximum atomic E-state index is 9.67. The summed E-state index contributed by atoms with van der Waals surface area (Å²) in [6, 6.07) is 19.8. The van der Waals surface area contributed by atoms with Crippen LogP contribution in [0, 0.1) is 20.8 Å². The normalized spacial score (nSPS) is 17.9. The molecule has 0 unspecified atom stereocenters. The zero-order valence-electron chi connectivity index (χ0n) is 19.0. The fraction of sp³-hybridized carbons (Fsp3) is 0.423. The molecule has 1 aliphatic heterocycles. The summed E-state index contributed by atoms with van der Waals surface area (Å²) in [5.41, 5.74) is 7.35. The van der Waals surface area contributed by atoms with E-state index in [-0.39, 0.29) is 6.61 Å². The summed E-state index contributed by atoms with van der Waals surface area (Å²) in [5, 5.41) is 14.3. The minimum absolute atomic E-state index is 0.232. The molecule has 1 aromatic heterocycles. The van der Waals surface area contributed by atoms with Crippen molar-refractivity contribution in [2.45, 2.75) is 46.3 Å². The lowest BCUT2D eigenvalue weighted by atomic mass is 10.0. The zero-order chi connectivity index (χ0) is 21.8. The lowest BCUT2D eigenvalue weighted by molar-refractivity contribution is 0.0498. The van der Waals surface area contributed by atoms with Crippen LogP contribution in [0.25, 0.3) is 5.69 Å². The van der Waals surface area contributed by atoms with Crippen molar-refractivity contribution in [1.82, 2.24) is 19.6 Å². The van der Waals surface area contributed by atoms with Crippen LogP contribution in [0.3, 0.4) is 0 Å². The number of rotatable bonds is 7. The van der Waals surface area contributed by atoms with Gasteiger partial charge >= 0.3 is 0 Å². The molecule has 1 atom stereocenters. The smallest absolute Gasteiger partial charge is 0.0651 e. The molecular formula is C26H34N4O. The minimum Gasteiger partial charge on any atom is -0.396 e. The molecule has 2 aromatic carbocycles. The first-order valence-corrected chi connectivity index (χ1v) is 11.3. The van der Waals surface area contributed by atoms with Gasteiger partial charge in [-0.05, 0) is 62.1 Å². The average molecular weight is 419 g/mol. The molecule has 31 heavy (non-hydrogen) atoms. The molecule has 164 valence electrons. The van der Waals surface area contributed by atoms with E-state index >= 15 is 0 Å². The van der Waals surface area contributed by atoms with Gasteiger partial charge in [-0.2, -0.15) is 5.10 Å². The highest BCUT2D eigenvalue weighted by molar-refractivity contribution is 5.37. The van der Waals surface area contributed by atoms with E-state index in [2.05, 4.69) is 83.3 Å². The molecule has 0 radical (unpaired) electrons. The van der Waals surface area contributed by atoms with E-state index in [0.29, 0.717) is 6.04 Å². The Morgan fingerprint density at radius 3 is 2.55 bits per heavy atom. The molecule has 1 aliphatic rings. The maximum Gasteiger partial charge on any atom is 0.0651 e. The second kappa shape index (κ2) is 9.77. The van der Waals surface area contributed by atoms with Gasteiger partial charge in [0.15, 0.2) is 0 Å². The van der Waals surface area contributed by atoms with Gasteiger partial charge in [0.2, 0.25) is 0 Å². The van der Waals surface area contributed by atoms with E-state index in [1.807, 2.05) is 11.6 Å². The highest BCUT2D eigenvalue weighted by Crippen LogP contribution is 2.21. The molecule has 0 aliphatic carbocycles. The maximum absolute atomic E-state index is 9.67. The van der Waals surface area contributed by atoms with Crippen LogP contribution in [0.15, 0.2) is 54.6 Å². The van der Waals surface area contributed by atoms with Gasteiger partial charge in [0.1, 0.15) is 0 Å². The van der Waals surface area contributed by atoms with Crippen molar-refractivity contribution in [2.24, 2.45) is 0 Å². The summed E-state index contributed by atoms with van der Waals surface area (Å²) >= 11 is 0. The zero-order valence-corrected chi connectivity index (χ0v) is 19.0. The summed E-state index contributed by atoms with van der Waals surface area (Å²) < 4.78 is 2.02. The fourth-order valence-corrected chi connectivity index (χ4v) is 4.67. The molecular weight excluding hydrogens is 384 g/mol. The second-order valence-corrected chi connectivity index (χ2v) is 8.81. The second-order valence-electron chi connectivity index (χ2n) is 8.81.